The number of hydrogen-bond acceptors (Lipinski definition) is 4. The second-order valence-corrected chi connectivity index (χ2v) is 5.05. The van der Waals surface area contributed by atoms with Crippen LogP contribution in [-0.2, 0) is 6.54 Å². The first-order valence-electron chi connectivity index (χ1n) is 5.42. The molecule has 3 nitrogen and oxygen atoms in total. The van der Waals surface area contributed by atoms with Crippen molar-refractivity contribution in [3.05, 3.63) is 45.7 Å². The van der Waals surface area contributed by atoms with Crippen LogP contribution in [0.5, 0.6) is 0 Å². The molecule has 0 aliphatic carbocycles. The number of nitriles is 1. The molecule has 18 heavy (non-hydrogen) atoms. The van der Waals surface area contributed by atoms with Crippen LogP contribution in [0, 0.1) is 24.1 Å². The smallest absolute Gasteiger partial charge is 0.143 e. The monoisotopic (exact) mass is 261 g/mol. The lowest BCUT2D eigenvalue weighted by Crippen LogP contribution is -2.16. The SMILES string of the molecule is Cc1nc(CN(C)c2ccc(C#N)c(F)c2)cs1. The second-order valence-electron chi connectivity index (χ2n) is 3.99. The van der Waals surface area contributed by atoms with Gasteiger partial charge in [0, 0.05) is 18.1 Å². The number of halogens is 1. The molecule has 92 valence electrons. The van der Waals surface area contributed by atoms with Crippen molar-refractivity contribution in [2.24, 2.45) is 0 Å². The number of aromatic nitrogens is 1. The van der Waals surface area contributed by atoms with Gasteiger partial charge in [-0.15, -0.1) is 11.3 Å². The summed E-state index contributed by atoms with van der Waals surface area (Å²) in [5.41, 5.74) is 1.76. The zero-order chi connectivity index (χ0) is 13.1. The van der Waals surface area contributed by atoms with Gasteiger partial charge in [-0.2, -0.15) is 5.26 Å². The first-order chi connectivity index (χ1) is 8.60. The molecule has 5 heteroatoms. The summed E-state index contributed by atoms with van der Waals surface area (Å²) in [7, 11) is 1.87. The fourth-order valence-electron chi connectivity index (χ4n) is 1.65. The van der Waals surface area contributed by atoms with E-state index < -0.39 is 5.82 Å². The van der Waals surface area contributed by atoms with Crippen molar-refractivity contribution in [1.29, 1.82) is 5.26 Å². The lowest BCUT2D eigenvalue weighted by molar-refractivity contribution is 0.623. The highest BCUT2D eigenvalue weighted by Crippen LogP contribution is 2.19. The summed E-state index contributed by atoms with van der Waals surface area (Å²) >= 11 is 1.60. The van der Waals surface area contributed by atoms with Crippen molar-refractivity contribution in [3.8, 4) is 6.07 Å². The molecule has 1 aromatic heterocycles. The molecule has 1 aromatic carbocycles. The Morgan fingerprint density at radius 3 is 2.83 bits per heavy atom. The Morgan fingerprint density at radius 1 is 1.50 bits per heavy atom. The highest BCUT2D eigenvalue weighted by molar-refractivity contribution is 7.09. The number of rotatable bonds is 3. The van der Waals surface area contributed by atoms with Gasteiger partial charge < -0.3 is 4.90 Å². The summed E-state index contributed by atoms with van der Waals surface area (Å²) in [6, 6.07) is 6.41. The topological polar surface area (TPSA) is 39.9 Å². The van der Waals surface area contributed by atoms with Crippen LogP contribution in [0.4, 0.5) is 10.1 Å². The molecule has 0 saturated carbocycles. The Bertz CT molecular complexity index is 601. The van der Waals surface area contributed by atoms with Crippen molar-refractivity contribution >= 4 is 17.0 Å². The van der Waals surface area contributed by atoms with Crippen LogP contribution in [-0.4, -0.2) is 12.0 Å². The van der Waals surface area contributed by atoms with Crippen LogP contribution in [0.25, 0.3) is 0 Å². The Labute approximate surface area is 109 Å². The van der Waals surface area contributed by atoms with Gasteiger partial charge in [0.05, 0.1) is 22.8 Å². The van der Waals surface area contributed by atoms with E-state index in [0.29, 0.717) is 6.54 Å². The number of aryl methyl sites for hydroxylation is 1. The molecule has 0 radical (unpaired) electrons. The molecule has 0 bridgehead atoms. The molecule has 0 fully saturated rings. The third-order valence-corrected chi connectivity index (χ3v) is 3.40. The van der Waals surface area contributed by atoms with Gasteiger partial charge in [-0.05, 0) is 25.1 Å². The summed E-state index contributed by atoms with van der Waals surface area (Å²) < 4.78 is 13.5. The predicted molar refractivity (Wildman–Crippen MR) is 70.1 cm³/mol. The van der Waals surface area contributed by atoms with Crippen molar-refractivity contribution in [1.82, 2.24) is 4.98 Å². The first-order valence-corrected chi connectivity index (χ1v) is 6.30. The van der Waals surface area contributed by atoms with Crippen LogP contribution in [0.1, 0.15) is 16.3 Å². The fraction of sp³-hybridized carbons (Fsp3) is 0.231. The van der Waals surface area contributed by atoms with E-state index in [9.17, 15) is 4.39 Å². The molecule has 2 aromatic rings. The number of benzene rings is 1. The van der Waals surface area contributed by atoms with Gasteiger partial charge in [0.25, 0.3) is 0 Å². The van der Waals surface area contributed by atoms with Crippen molar-refractivity contribution in [2.75, 3.05) is 11.9 Å². The Hall–Kier alpha value is -1.93. The zero-order valence-corrected chi connectivity index (χ0v) is 11.0. The standard InChI is InChI=1S/C13H12FN3S/c1-9-16-11(8-18-9)7-17(2)12-4-3-10(6-15)13(14)5-12/h3-5,8H,7H2,1-2H3. The lowest BCUT2D eigenvalue weighted by atomic mass is 10.2. The minimum absolute atomic E-state index is 0.0663. The minimum atomic E-state index is -0.490. The molecule has 2 rings (SSSR count). The molecule has 1 heterocycles. The van der Waals surface area contributed by atoms with Gasteiger partial charge >= 0.3 is 0 Å². The van der Waals surface area contributed by atoms with Gasteiger partial charge in [-0.1, -0.05) is 0 Å². The van der Waals surface area contributed by atoms with Crippen LogP contribution in [0.2, 0.25) is 0 Å². The molecule has 0 amide bonds. The summed E-state index contributed by atoms with van der Waals surface area (Å²) in [5.74, 6) is -0.490. The maximum atomic E-state index is 13.5. The molecule has 0 saturated heterocycles. The van der Waals surface area contributed by atoms with Gasteiger partial charge in [-0.25, -0.2) is 9.37 Å². The van der Waals surface area contributed by atoms with Crippen LogP contribution >= 0.6 is 11.3 Å². The van der Waals surface area contributed by atoms with E-state index in [0.717, 1.165) is 16.4 Å². The molecule has 0 aliphatic heterocycles. The van der Waals surface area contributed by atoms with Crippen LogP contribution in [0.3, 0.4) is 0 Å². The Balaban J connectivity index is 2.16. The normalized spacial score (nSPS) is 10.1. The van der Waals surface area contributed by atoms with Gasteiger partial charge in [-0.3, -0.25) is 0 Å². The largest absolute Gasteiger partial charge is 0.369 e. The maximum Gasteiger partial charge on any atom is 0.143 e. The van der Waals surface area contributed by atoms with E-state index in [1.807, 2.05) is 30.3 Å². The Morgan fingerprint density at radius 2 is 2.28 bits per heavy atom. The molecular formula is C13H12FN3S. The first kappa shape index (κ1) is 12.5. The highest BCUT2D eigenvalue weighted by Gasteiger charge is 2.08. The number of nitrogens with zero attached hydrogens (tertiary/aromatic N) is 3. The van der Waals surface area contributed by atoms with Gasteiger partial charge in [0.1, 0.15) is 11.9 Å². The van der Waals surface area contributed by atoms with Crippen molar-refractivity contribution < 1.29 is 4.39 Å². The van der Waals surface area contributed by atoms with Gasteiger partial charge in [0.2, 0.25) is 0 Å². The van der Waals surface area contributed by atoms with E-state index in [-0.39, 0.29) is 5.56 Å². The lowest BCUT2D eigenvalue weighted by Gasteiger charge is -2.18. The number of thiazole rings is 1. The zero-order valence-electron chi connectivity index (χ0n) is 10.1. The molecule has 0 unspecified atom stereocenters. The minimum Gasteiger partial charge on any atom is -0.369 e. The van der Waals surface area contributed by atoms with E-state index in [1.54, 1.807) is 17.4 Å². The molecule has 0 atom stereocenters. The molecule has 0 aliphatic rings. The second kappa shape index (κ2) is 5.15. The quantitative estimate of drug-likeness (QED) is 0.852. The predicted octanol–water partition coefficient (Wildman–Crippen LogP) is 3.10. The molecule has 0 N–H and O–H groups in total. The average Bonchev–Trinajstić information content (AvgIpc) is 2.74. The van der Waals surface area contributed by atoms with Gasteiger partial charge in [0.15, 0.2) is 0 Å². The van der Waals surface area contributed by atoms with E-state index >= 15 is 0 Å². The fourth-order valence-corrected chi connectivity index (χ4v) is 2.25. The summed E-state index contributed by atoms with van der Waals surface area (Å²) in [6.45, 7) is 2.57. The van der Waals surface area contributed by atoms with Crippen LogP contribution in [0.15, 0.2) is 23.6 Å². The maximum absolute atomic E-state index is 13.5. The Kier molecular flexibility index (Phi) is 3.58. The number of anilines is 1. The molecular weight excluding hydrogens is 249 g/mol. The highest BCUT2D eigenvalue weighted by atomic mass is 32.1. The summed E-state index contributed by atoms with van der Waals surface area (Å²) in [4.78, 5) is 6.26. The van der Waals surface area contributed by atoms with Crippen molar-refractivity contribution in [3.63, 3.8) is 0 Å². The third kappa shape index (κ3) is 2.66. The average molecular weight is 261 g/mol. The van der Waals surface area contributed by atoms with E-state index in [1.165, 1.54) is 12.1 Å². The van der Waals surface area contributed by atoms with Crippen molar-refractivity contribution in [2.45, 2.75) is 13.5 Å². The van der Waals surface area contributed by atoms with Crippen LogP contribution < -0.4 is 4.90 Å². The third-order valence-electron chi connectivity index (χ3n) is 2.58. The summed E-state index contributed by atoms with van der Waals surface area (Å²) in [6.07, 6.45) is 0. The summed E-state index contributed by atoms with van der Waals surface area (Å²) in [5, 5.41) is 11.7. The van der Waals surface area contributed by atoms with E-state index in [4.69, 9.17) is 5.26 Å². The molecule has 0 spiro atoms. The number of hydrogen-bond donors (Lipinski definition) is 0. The van der Waals surface area contributed by atoms with E-state index in [2.05, 4.69) is 4.98 Å².